The zero-order chi connectivity index (χ0) is 21.6. The first-order chi connectivity index (χ1) is 14.3. The van der Waals surface area contributed by atoms with Crippen LogP contribution in [0.5, 0.6) is 0 Å². The first kappa shape index (κ1) is 22.3. The van der Waals surface area contributed by atoms with Crippen LogP contribution < -0.4 is 5.32 Å². The molecule has 0 bridgehead atoms. The second-order valence-corrected chi connectivity index (χ2v) is 7.76. The molecule has 0 radical (unpaired) electrons. The Morgan fingerprint density at radius 2 is 1.57 bits per heavy atom. The highest BCUT2D eigenvalue weighted by atomic mass is 19.4. The minimum absolute atomic E-state index is 0.0146. The van der Waals surface area contributed by atoms with E-state index in [9.17, 15) is 18.0 Å². The number of hydrogen-bond donors (Lipinski definition) is 1. The molecule has 2 aromatic rings. The van der Waals surface area contributed by atoms with Gasteiger partial charge in [-0.15, -0.1) is 0 Å². The van der Waals surface area contributed by atoms with Gasteiger partial charge in [0.2, 0.25) is 5.91 Å². The lowest BCUT2D eigenvalue weighted by Crippen LogP contribution is -2.46. The van der Waals surface area contributed by atoms with Crippen molar-refractivity contribution in [3.05, 3.63) is 71.3 Å². The summed E-state index contributed by atoms with van der Waals surface area (Å²) in [6.07, 6.45) is -3.84. The molecule has 1 amide bonds. The average Bonchev–Trinajstić information content (AvgIpc) is 2.73. The molecule has 0 aliphatic carbocycles. The quantitative estimate of drug-likeness (QED) is 0.734. The normalized spacial score (nSPS) is 16.9. The van der Waals surface area contributed by atoms with Crippen LogP contribution in [0.1, 0.15) is 36.1 Å². The Morgan fingerprint density at radius 1 is 0.967 bits per heavy atom. The summed E-state index contributed by atoms with van der Waals surface area (Å²) in [5.41, 5.74) is 1.35. The maximum absolute atomic E-state index is 12.7. The molecule has 1 saturated heterocycles. The second kappa shape index (κ2) is 10.1. The molecule has 0 aromatic heterocycles. The third-order valence-corrected chi connectivity index (χ3v) is 5.48. The third kappa shape index (κ3) is 6.57. The topological polar surface area (TPSA) is 35.6 Å². The Morgan fingerprint density at radius 3 is 2.17 bits per heavy atom. The van der Waals surface area contributed by atoms with Crippen molar-refractivity contribution in [2.45, 2.75) is 32.1 Å². The summed E-state index contributed by atoms with van der Waals surface area (Å²) < 4.78 is 38.0. The van der Waals surface area contributed by atoms with Gasteiger partial charge in [-0.25, -0.2) is 0 Å². The minimum Gasteiger partial charge on any atom is -0.350 e. The van der Waals surface area contributed by atoms with Crippen LogP contribution in [0.3, 0.4) is 0 Å². The maximum Gasteiger partial charge on any atom is 0.416 e. The van der Waals surface area contributed by atoms with Gasteiger partial charge in [0, 0.05) is 45.7 Å². The van der Waals surface area contributed by atoms with Gasteiger partial charge in [0.1, 0.15) is 0 Å². The number of carbonyl (C=O) groups excluding carboxylic acids is 1. The van der Waals surface area contributed by atoms with Gasteiger partial charge < -0.3 is 10.2 Å². The standard InChI is InChI=1S/C23H28F3N3O/c1-18(20-5-3-2-4-6-20)27-22(30)11-12-28-13-15-29(16-14-28)17-19-7-9-21(10-8-19)23(24,25)26/h2-10,18H,11-17H2,1H3,(H,27,30). The molecular formula is C23H28F3N3O. The zero-order valence-corrected chi connectivity index (χ0v) is 17.2. The van der Waals surface area contributed by atoms with E-state index in [1.807, 2.05) is 37.3 Å². The number of alkyl halides is 3. The van der Waals surface area contributed by atoms with E-state index >= 15 is 0 Å². The van der Waals surface area contributed by atoms with Crippen molar-refractivity contribution in [3.8, 4) is 0 Å². The molecule has 1 atom stereocenters. The van der Waals surface area contributed by atoms with Crippen LogP contribution in [0.25, 0.3) is 0 Å². The molecular weight excluding hydrogens is 391 g/mol. The van der Waals surface area contributed by atoms with Crippen LogP contribution in [0, 0.1) is 0 Å². The lowest BCUT2D eigenvalue weighted by Gasteiger charge is -2.34. The molecule has 4 nitrogen and oxygen atoms in total. The smallest absolute Gasteiger partial charge is 0.350 e. The zero-order valence-electron chi connectivity index (χ0n) is 17.2. The number of nitrogens with zero attached hydrogens (tertiary/aromatic N) is 2. The first-order valence-electron chi connectivity index (χ1n) is 10.3. The summed E-state index contributed by atoms with van der Waals surface area (Å²) in [4.78, 5) is 16.7. The molecule has 2 aromatic carbocycles. The predicted octanol–water partition coefficient (Wildman–Crippen LogP) is 4.09. The van der Waals surface area contributed by atoms with Crippen molar-refractivity contribution in [1.29, 1.82) is 0 Å². The number of rotatable bonds is 7. The number of nitrogens with one attached hydrogen (secondary N) is 1. The van der Waals surface area contributed by atoms with Gasteiger partial charge in [0.05, 0.1) is 11.6 Å². The number of amides is 1. The molecule has 1 aliphatic heterocycles. The van der Waals surface area contributed by atoms with Gasteiger partial charge in [-0.05, 0) is 30.2 Å². The van der Waals surface area contributed by atoms with Crippen molar-refractivity contribution in [2.75, 3.05) is 32.7 Å². The fraction of sp³-hybridized carbons (Fsp3) is 0.435. The minimum atomic E-state index is -4.30. The number of benzene rings is 2. The fourth-order valence-electron chi connectivity index (χ4n) is 3.63. The molecule has 0 saturated carbocycles. The van der Waals surface area contributed by atoms with Gasteiger partial charge in [0.25, 0.3) is 0 Å². The number of carbonyl (C=O) groups is 1. The summed E-state index contributed by atoms with van der Waals surface area (Å²) in [6, 6.07) is 15.2. The van der Waals surface area contributed by atoms with Crippen LogP contribution in [-0.4, -0.2) is 48.4 Å². The highest BCUT2D eigenvalue weighted by Gasteiger charge is 2.30. The van der Waals surface area contributed by atoms with Crippen molar-refractivity contribution in [3.63, 3.8) is 0 Å². The molecule has 0 spiro atoms. The SMILES string of the molecule is CC(NC(=O)CCN1CCN(Cc2ccc(C(F)(F)F)cc2)CC1)c1ccccc1. The van der Waals surface area contributed by atoms with Gasteiger partial charge >= 0.3 is 6.18 Å². The maximum atomic E-state index is 12.7. The lowest BCUT2D eigenvalue weighted by atomic mass is 10.1. The van der Waals surface area contributed by atoms with Gasteiger partial charge in [0.15, 0.2) is 0 Å². The largest absolute Gasteiger partial charge is 0.416 e. The van der Waals surface area contributed by atoms with E-state index in [2.05, 4.69) is 15.1 Å². The molecule has 1 N–H and O–H groups in total. The molecule has 3 rings (SSSR count). The van der Waals surface area contributed by atoms with E-state index in [-0.39, 0.29) is 11.9 Å². The monoisotopic (exact) mass is 419 g/mol. The number of piperazine rings is 1. The Balaban J connectivity index is 1.37. The summed E-state index contributed by atoms with van der Waals surface area (Å²) in [6.45, 7) is 6.70. The van der Waals surface area contributed by atoms with E-state index < -0.39 is 11.7 Å². The molecule has 1 heterocycles. The summed E-state index contributed by atoms with van der Waals surface area (Å²) in [5, 5.41) is 3.04. The van der Waals surface area contributed by atoms with Crippen LogP contribution in [0.15, 0.2) is 54.6 Å². The van der Waals surface area contributed by atoms with Crippen molar-refractivity contribution < 1.29 is 18.0 Å². The van der Waals surface area contributed by atoms with Gasteiger partial charge in [-0.3, -0.25) is 9.69 Å². The molecule has 30 heavy (non-hydrogen) atoms. The third-order valence-electron chi connectivity index (χ3n) is 5.48. The number of hydrogen-bond acceptors (Lipinski definition) is 3. The average molecular weight is 419 g/mol. The van der Waals surface area contributed by atoms with Crippen molar-refractivity contribution >= 4 is 5.91 Å². The van der Waals surface area contributed by atoms with E-state index in [0.717, 1.165) is 49.4 Å². The van der Waals surface area contributed by atoms with E-state index in [0.29, 0.717) is 19.5 Å². The van der Waals surface area contributed by atoms with E-state index in [1.54, 1.807) is 12.1 Å². The van der Waals surface area contributed by atoms with Gasteiger partial charge in [-0.2, -0.15) is 13.2 Å². The van der Waals surface area contributed by atoms with Crippen LogP contribution >= 0.6 is 0 Å². The molecule has 162 valence electrons. The van der Waals surface area contributed by atoms with Gasteiger partial charge in [-0.1, -0.05) is 42.5 Å². The highest BCUT2D eigenvalue weighted by molar-refractivity contribution is 5.76. The second-order valence-electron chi connectivity index (χ2n) is 7.76. The Hall–Kier alpha value is -2.38. The Labute approximate surface area is 175 Å². The predicted molar refractivity (Wildman–Crippen MR) is 111 cm³/mol. The highest BCUT2D eigenvalue weighted by Crippen LogP contribution is 2.29. The van der Waals surface area contributed by atoms with Crippen LogP contribution in [0.2, 0.25) is 0 Å². The number of halogens is 3. The molecule has 1 unspecified atom stereocenters. The fourth-order valence-corrected chi connectivity index (χ4v) is 3.63. The Bertz CT molecular complexity index is 801. The van der Waals surface area contributed by atoms with Crippen molar-refractivity contribution in [2.24, 2.45) is 0 Å². The summed E-state index contributed by atoms with van der Waals surface area (Å²) >= 11 is 0. The first-order valence-corrected chi connectivity index (χ1v) is 10.3. The Kier molecular flexibility index (Phi) is 7.50. The van der Waals surface area contributed by atoms with Crippen LogP contribution in [0.4, 0.5) is 13.2 Å². The summed E-state index contributed by atoms with van der Waals surface area (Å²) in [5.74, 6) is 0.0403. The van der Waals surface area contributed by atoms with Crippen molar-refractivity contribution in [1.82, 2.24) is 15.1 Å². The molecule has 1 fully saturated rings. The van der Waals surface area contributed by atoms with E-state index in [4.69, 9.17) is 0 Å². The summed E-state index contributed by atoms with van der Waals surface area (Å²) in [7, 11) is 0. The lowest BCUT2D eigenvalue weighted by molar-refractivity contribution is -0.137. The van der Waals surface area contributed by atoms with E-state index in [1.165, 1.54) is 0 Å². The molecule has 7 heteroatoms. The molecule has 1 aliphatic rings. The van der Waals surface area contributed by atoms with Crippen LogP contribution in [-0.2, 0) is 17.5 Å².